The number of rotatable bonds is 5. The minimum Gasteiger partial charge on any atom is -0.338 e. The fourth-order valence-corrected chi connectivity index (χ4v) is 3.56. The summed E-state index contributed by atoms with van der Waals surface area (Å²) < 4.78 is 0. The average Bonchev–Trinajstić information content (AvgIpc) is 2.95. The van der Waals surface area contributed by atoms with Crippen LogP contribution in [0.5, 0.6) is 0 Å². The summed E-state index contributed by atoms with van der Waals surface area (Å²) in [6.07, 6.45) is 3.84. The van der Waals surface area contributed by atoms with E-state index in [2.05, 4.69) is 16.0 Å². The van der Waals surface area contributed by atoms with Crippen molar-refractivity contribution in [3.8, 4) is 0 Å². The van der Waals surface area contributed by atoms with Crippen LogP contribution in [0, 0.1) is 12.8 Å². The predicted octanol–water partition coefficient (Wildman–Crippen LogP) is 2.58. The van der Waals surface area contributed by atoms with Gasteiger partial charge in [-0.05, 0) is 69.0 Å². The molecule has 3 rings (SSSR count). The number of benzene rings is 1. The lowest BCUT2D eigenvalue weighted by Crippen LogP contribution is -2.33. The van der Waals surface area contributed by atoms with Crippen molar-refractivity contribution in [2.24, 2.45) is 5.92 Å². The highest BCUT2D eigenvalue weighted by molar-refractivity contribution is 6.20. The number of aryl methyl sites for hydroxylation is 1. The molecule has 0 bridgehead atoms. The minimum absolute atomic E-state index is 0. The van der Waals surface area contributed by atoms with Crippen molar-refractivity contribution in [1.82, 2.24) is 10.6 Å². The average molecular weight is 395 g/mol. The zero-order valence-electron chi connectivity index (χ0n) is 15.5. The van der Waals surface area contributed by atoms with Crippen molar-refractivity contribution < 1.29 is 14.4 Å². The van der Waals surface area contributed by atoms with Crippen LogP contribution in [0.25, 0.3) is 0 Å². The Morgan fingerprint density at radius 3 is 2.48 bits per heavy atom. The third kappa shape index (κ3) is 5.43. The van der Waals surface area contributed by atoms with E-state index >= 15 is 0 Å². The summed E-state index contributed by atoms with van der Waals surface area (Å²) in [4.78, 5) is 37.0. The predicted molar refractivity (Wildman–Crippen MR) is 107 cm³/mol. The largest absolute Gasteiger partial charge is 0.338 e. The number of carbonyl (C=O) groups is 3. The van der Waals surface area contributed by atoms with Gasteiger partial charge in [0, 0.05) is 25.1 Å². The van der Waals surface area contributed by atoms with Crippen LogP contribution in [-0.2, 0) is 9.59 Å². The summed E-state index contributed by atoms with van der Waals surface area (Å²) in [5, 5.41) is 9.04. The van der Waals surface area contributed by atoms with Gasteiger partial charge >= 0.3 is 6.03 Å². The van der Waals surface area contributed by atoms with Crippen LogP contribution in [0.1, 0.15) is 37.7 Å². The van der Waals surface area contributed by atoms with E-state index in [0.29, 0.717) is 23.8 Å². The number of piperidine rings is 1. The van der Waals surface area contributed by atoms with Crippen molar-refractivity contribution in [3.05, 3.63) is 23.8 Å². The Morgan fingerprint density at radius 2 is 1.85 bits per heavy atom. The Labute approximate surface area is 165 Å². The lowest BCUT2D eigenvalue weighted by atomic mass is 9.95. The number of anilines is 2. The summed E-state index contributed by atoms with van der Waals surface area (Å²) >= 11 is 0. The van der Waals surface area contributed by atoms with Gasteiger partial charge in [-0.2, -0.15) is 0 Å². The number of amides is 4. The Bertz CT molecular complexity index is 688. The highest BCUT2D eigenvalue weighted by Crippen LogP contribution is 2.28. The molecule has 0 aromatic heterocycles. The molecule has 0 radical (unpaired) electrons. The van der Waals surface area contributed by atoms with Crippen LogP contribution in [0.4, 0.5) is 16.2 Å². The van der Waals surface area contributed by atoms with Gasteiger partial charge in [-0.15, -0.1) is 12.4 Å². The number of hydrogen-bond acceptors (Lipinski definition) is 4. The van der Waals surface area contributed by atoms with Crippen molar-refractivity contribution in [1.29, 1.82) is 0 Å². The highest BCUT2D eigenvalue weighted by Gasteiger charge is 2.31. The standard InChI is InChI=1S/C19H26N4O3.ClH/c1-13-12-15(2-3-16(13)23-17(24)4-5-18(23)25)22-19(26)21-11-8-14-6-9-20-10-7-14;/h2-3,12,14,20H,4-11H2,1H3,(H2,21,22,26);1H. The molecule has 7 nitrogen and oxygen atoms in total. The number of carbonyl (C=O) groups excluding carboxylic acids is 3. The topological polar surface area (TPSA) is 90.5 Å². The molecule has 1 aromatic carbocycles. The van der Waals surface area contributed by atoms with Crippen LogP contribution < -0.4 is 20.9 Å². The second-order valence-electron chi connectivity index (χ2n) is 6.99. The van der Waals surface area contributed by atoms with Crippen molar-refractivity contribution >= 4 is 41.6 Å². The monoisotopic (exact) mass is 394 g/mol. The number of nitrogens with one attached hydrogen (secondary N) is 3. The normalized spacial score (nSPS) is 17.6. The molecular formula is C19H27ClN4O3. The van der Waals surface area contributed by atoms with Gasteiger partial charge in [0.15, 0.2) is 0 Å². The van der Waals surface area contributed by atoms with E-state index in [4.69, 9.17) is 0 Å². The van der Waals surface area contributed by atoms with Crippen molar-refractivity contribution in [2.75, 3.05) is 29.9 Å². The van der Waals surface area contributed by atoms with E-state index < -0.39 is 0 Å². The van der Waals surface area contributed by atoms with Crippen molar-refractivity contribution in [3.63, 3.8) is 0 Å². The fourth-order valence-electron chi connectivity index (χ4n) is 3.56. The number of halogens is 1. The van der Waals surface area contributed by atoms with Gasteiger partial charge in [0.1, 0.15) is 0 Å². The number of hydrogen-bond donors (Lipinski definition) is 3. The van der Waals surface area contributed by atoms with Gasteiger partial charge < -0.3 is 16.0 Å². The molecule has 0 unspecified atom stereocenters. The Balaban J connectivity index is 0.00000261. The van der Waals surface area contributed by atoms with Crippen LogP contribution in [0.3, 0.4) is 0 Å². The SMILES string of the molecule is Cc1cc(NC(=O)NCCC2CCNCC2)ccc1N1C(=O)CCC1=O.Cl. The van der Waals surface area contributed by atoms with Gasteiger partial charge in [0.25, 0.3) is 0 Å². The molecule has 2 aliphatic rings. The second kappa shape index (κ2) is 9.71. The van der Waals surface area contributed by atoms with E-state index in [1.165, 1.54) is 4.90 Å². The molecule has 1 aromatic rings. The van der Waals surface area contributed by atoms with E-state index in [0.717, 1.165) is 37.9 Å². The summed E-state index contributed by atoms with van der Waals surface area (Å²) in [6, 6.07) is 4.97. The highest BCUT2D eigenvalue weighted by atomic mass is 35.5. The molecule has 0 aliphatic carbocycles. The smallest absolute Gasteiger partial charge is 0.319 e. The fraction of sp³-hybridized carbons (Fsp3) is 0.526. The molecule has 4 amide bonds. The lowest BCUT2D eigenvalue weighted by molar-refractivity contribution is -0.121. The van der Waals surface area contributed by atoms with Crippen LogP contribution >= 0.6 is 12.4 Å². The lowest BCUT2D eigenvalue weighted by Gasteiger charge is -2.22. The zero-order valence-corrected chi connectivity index (χ0v) is 16.4. The van der Waals surface area contributed by atoms with Crippen LogP contribution in [-0.4, -0.2) is 37.5 Å². The Hall–Kier alpha value is -2.12. The Kier molecular flexibility index (Phi) is 7.62. The third-order valence-corrected chi connectivity index (χ3v) is 5.04. The summed E-state index contributed by atoms with van der Waals surface area (Å²) in [7, 11) is 0. The summed E-state index contributed by atoms with van der Waals surface area (Å²) in [5.74, 6) is 0.331. The molecule has 2 fully saturated rings. The molecule has 0 spiro atoms. The molecule has 27 heavy (non-hydrogen) atoms. The maximum atomic E-state index is 12.1. The molecule has 0 saturated carbocycles. The van der Waals surface area contributed by atoms with E-state index in [9.17, 15) is 14.4 Å². The van der Waals surface area contributed by atoms with Crippen molar-refractivity contribution in [2.45, 2.75) is 39.0 Å². The minimum atomic E-state index is -0.237. The molecule has 3 N–H and O–H groups in total. The summed E-state index contributed by atoms with van der Waals surface area (Å²) in [5.41, 5.74) is 2.01. The van der Waals surface area contributed by atoms with E-state index in [1.54, 1.807) is 18.2 Å². The third-order valence-electron chi connectivity index (χ3n) is 5.04. The first-order valence-corrected chi connectivity index (χ1v) is 9.26. The molecule has 2 heterocycles. The number of imide groups is 1. The quantitative estimate of drug-likeness (QED) is 0.669. The molecule has 2 saturated heterocycles. The molecule has 0 atom stereocenters. The second-order valence-corrected chi connectivity index (χ2v) is 6.99. The molecular weight excluding hydrogens is 368 g/mol. The molecule has 8 heteroatoms. The first-order valence-electron chi connectivity index (χ1n) is 9.26. The van der Waals surface area contributed by atoms with E-state index in [-0.39, 0.29) is 43.1 Å². The molecule has 148 valence electrons. The maximum Gasteiger partial charge on any atom is 0.319 e. The first-order chi connectivity index (χ1) is 12.5. The van der Waals surface area contributed by atoms with Crippen LogP contribution in [0.15, 0.2) is 18.2 Å². The zero-order chi connectivity index (χ0) is 18.5. The summed E-state index contributed by atoms with van der Waals surface area (Å²) in [6.45, 7) is 4.60. The van der Waals surface area contributed by atoms with Gasteiger partial charge in [0.05, 0.1) is 5.69 Å². The Morgan fingerprint density at radius 1 is 1.19 bits per heavy atom. The van der Waals surface area contributed by atoms with Gasteiger partial charge in [0.2, 0.25) is 11.8 Å². The molecule has 2 aliphatic heterocycles. The number of nitrogens with zero attached hydrogens (tertiary/aromatic N) is 1. The van der Waals surface area contributed by atoms with Crippen LogP contribution in [0.2, 0.25) is 0 Å². The van der Waals surface area contributed by atoms with Gasteiger partial charge in [-0.1, -0.05) is 0 Å². The van der Waals surface area contributed by atoms with Gasteiger partial charge in [-0.25, -0.2) is 4.79 Å². The van der Waals surface area contributed by atoms with E-state index in [1.807, 2.05) is 6.92 Å². The van der Waals surface area contributed by atoms with Gasteiger partial charge in [-0.3, -0.25) is 14.5 Å². The number of urea groups is 1. The maximum absolute atomic E-state index is 12.1. The first kappa shape index (κ1) is 21.2.